The van der Waals surface area contributed by atoms with Gasteiger partial charge >= 0.3 is 0 Å². The zero-order chi connectivity index (χ0) is 23.7. The number of likely N-dealkylation sites (N-methyl/N-ethyl adjacent to an activating group) is 1. The van der Waals surface area contributed by atoms with Crippen LogP contribution in [0.25, 0.3) is 16.1 Å². The zero-order valence-corrected chi connectivity index (χ0v) is 17.7. The van der Waals surface area contributed by atoms with Crippen molar-refractivity contribution in [1.82, 2.24) is 15.3 Å². The van der Waals surface area contributed by atoms with E-state index in [-0.39, 0.29) is 28.7 Å². The number of carbonyl (C=O) groups excluding carboxylic acids is 2. The lowest BCUT2D eigenvalue weighted by molar-refractivity contribution is -0.120. The molecule has 2 heterocycles. The van der Waals surface area contributed by atoms with E-state index in [0.717, 1.165) is 18.3 Å². The normalized spacial score (nSPS) is 15.2. The van der Waals surface area contributed by atoms with Crippen molar-refractivity contribution >= 4 is 34.8 Å². The van der Waals surface area contributed by atoms with Crippen LogP contribution >= 0.6 is 11.6 Å². The van der Waals surface area contributed by atoms with E-state index in [0.29, 0.717) is 23.2 Å². The summed E-state index contributed by atoms with van der Waals surface area (Å²) in [5, 5.41) is 2.46. The molecule has 0 saturated heterocycles. The maximum Gasteiger partial charge on any atom is 0.289 e. The van der Waals surface area contributed by atoms with Gasteiger partial charge in [-0.2, -0.15) is 0 Å². The van der Waals surface area contributed by atoms with Crippen LogP contribution in [0.4, 0.5) is 20.2 Å². The summed E-state index contributed by atoms with van der Waals surface area (Å²) >= 11 is 6.06. The zero-order valence-electron chi connectivity index (χ0n) is 17.0. The van der Waals surface area contributed by atoms with Crippen molar-refractivity contribution in [2.45, 2.75) is 6.04 Å². The van der Waals surface area contributed by atoms with Gasteiger partial charge in [-0.25, -0.2) is 23.6 Å². The summed E-state index contributed by atoms with van der Waals surface area (Å²) in [5.41, 5.74) is 0.569. The van der Waals surface area contributed by atoms with Gasteiger partial charge in [-0.15, -0.1) is 0 Å². The summed E-state index contributed by atoms with van der Waals surface area (Å²) in [6.45, 7) is 6.92. The maximum absolute atomic E-state index is 14.2. The van der Waals surface area contributed by atoms with Crippen molar-refractivity contribution in [3.63, 3.8) is 0 Å². The molecule has 0 fully saturated rings. The molecule has 0 unspecified atom stereocenters. The van der Waals surface area contributed by atoms with Gasteiger partial charge < -0.3 is 15.0 Å². The number of nitrogens with one attached hydrogen (secondary N) is 1. The Bertz CT molecular complexity index is 1330. The number of nitrogens with zero attached hydrogens (tertiary/aromatic N) is 4. The number of amides is 2. The van der Waals surface area contributed by atoms with E-state index in [1.807, 2.05) is 0 Å². The molecule has 8 nitrogen and oxygen atoms in total. The third-order valence-electron chi connectivity index (χ3n) is 4.91. The molecular formula is C22H14ClF2N5O3. The third kappa shape index (κ3) is 4.31. The van der Waals surface area contributed by atoms with Gasteiger partial charge in [0, 0.05) is 18.7 Å². The molecule has 0 bridgehead atoms. The van der Waals surface area contributed by atoms with Crippen LogP contribution in [0.3, 0.4) is 0 Å². The Labute approximate surface area is 191 Å². The number of rotatable bonds is 3. The Kier molecular flexibility index (Phi) is 5.89. The molecular weight excluding hydrogens is 456 g/mol. The van der Waals surface area contributed by atoms with E-state index in [1.54, 1.807) is 12.1 Å². The second-order valence-corrected chi connectivity index (χ2v) is 7.42. The minimum atomic E-state index is -1.09. The first-order valence-electron chi connectivity index (χ1n) is 9.49. The van der Waals surface area contributed by atoms with E-state index < -0.39 is 29.5 Å². The molecule has 2 aromatic carbocycles. The first-order valence-corrected chi connectivity index (χ1v) is 9.87. The number of hydrogen-bond donors (Lipinski definition) is 1. The smallest absolute Gasteiger partial charge is 0.289 e. The second kappa shape index (κ2) is 8.80. The highest BCUT2D eigenvalue weighted by molar-refractivity contribution is 6.33. The molecule has 3 aromatic rings. The van der Waals surface area contributed by atoms with Crippen molar-refractivity contribution < 1.29 is 23.1 Å². The van der Waals surface area contributed by atoms with Crippen molar-refractivity contribution in [1.29, 1.82) is 0 Å². The summed E-state index contributed by atoms with van der Waals surface area (Å²) < 4.78 is 33.1. The Hall–Kier alpha value is -4.10. The van der Waals surface area contributed by atoms with Crippen LogP contribution in [-0.2, 0) is 4.79 Å². The van der Waals surface area contributed by atoms with E-state index in [1.165, 1.54) is 18.0 Å². The van der Waals surface area contributed by atoms with Crippen LogP contribution in [0.15, 0.2) is 42.6 Å². The molecule has 1 aliphatic heterocycles. The highest BCUT2D eigenvalue weighted by Gasteiger charge is 2.31. The van der Waals surface area contributed by atoms with Crippen LogP contribution in [0.2, 0.25) is 5.02 Å². The number of carbonyl (C=O) groups is 2. The topological polar surface area (TPSA) is 88.8 Å². The van der Waals surface area contributed by atoms with E-state index in [9.17, 15) is 18.4 Å². The molecule has 4 rings (SSSR count). The number of ether oxygens (including phenoxy) is 1. The lowest BCUT2D eigenvalue weighted by Gasteiger charge is -2.20. The Morgan fingerprint density at radius 2 is 2.09 bits per heavy atom. The average Bonchev–Trinajstić information content (AvgIpc) is 2.91. The lowest BCUT2D eigenvalue weighted by atomic mass is 10.1. The summed E-state index contributed by atoms with van der Waals surface area (Å²) in [7, 11) is 1.51. The highest BCUT2D eigenvalue weighted by atomic mass is 35.5. The minimum absolute atomic E-state index is 0.0447. The van der Waals surface area contributed by atoms with Gasteiger partial charge in [0.25, 0.3) is 11.8 Å². The van der Waals surface area contributed by atoms with Crippen LogP contribution in [0.1, 0.15) is 10.6 Å². The number of hydrogen-bond acceptors (Lipinski definition) is 5. The molecule has 1 atom stereocenters. The van der Waals surface area contributed by atoms with Crippen molar-refractivity contribution in [3.8, 4) is 17.0 Å². The molecule has 0 spiro atoms. The van der Waals surface area contributed by atoms with Crippen molar-refractivity contribution in [2.75, 3.05) is 18.6 Å². The Morgan fingerprint density at radius 3 is 2.82 bits per heavy atom. The van der Waals surface area contributed by atoms with Gasteiger partial charge in [-0.3, -0.25) is 9.59 Å². The fourth-order valence-electron chi connectivity index (χ4n) is 3.24. The van der Waals surface area contributed by atoms with E-state index >= 15 is 0 Å². The fourth-order valence-corrected chi connectivity index (χ4v) is 3.43. The van der Waals surface area contributed by atoms with Crippen LogP contribution in [0.5, 0.6) is 5.75 Å². The minimum Gasteiger partial charge on any atom is -0.490 e. The monoisotopic (exact) mass is 469 g/mol. The maximum atomic E-state index is 14.2. The standard InChI is InChI=1S/C22H14ClF2N5O3/c1-26-12-4-6-17-18(8-12)33-10-16(22(32)30(17)2)28-21(31)20-27-9-14(23)19(29-20)13-5-3-11(24)7-15(13)25/h3-9,16H,10H2,2H3,(H,28,31)/t16-/m0/s1. The molecule has 1 aromatic heterocycles. The molecule has 2 amide bonds. The van der Waals surface area contributed by atoms with Crippen LogP contribution < -0.4 is 15.0 Å². The lowest BCUT2D eigenvalue weighted by Crippen LogP contribution is -2.49. The first kappa shape index (κ1) is 22.1. The second-order valence-electron chi connectivity index (χ2n) is 7.01. The molecule has 11 heteroatoms. The van der Waals surface area contributed by atoms with Gasteiger partial charge in [0.1, 0.15) is 30.0 Å². The predicted octanol–water partition coefficient (Wildman–Crippen LogP) is 3.78. The van der Waals surface area contributed by atoms with Gasteiger partial charge in [-0.05, 0) is 24.3 Å². The molecule has 166 valence electrons. The number of benzene rings is 2. The summed E-state index contributed by atoms with van der Waals surface area (Å²) in [6.07, 6.45) is 1.11. The molecule has 0 radical (unpaired) electrons. The summed E-state index contributed by atoms with van der Waals surface area (Å²) in [4.78, 5) is 38.2. The Morgan fingerprint density at radius 1 is 1.30 bits per heavy atom. The third-order valence-corrected chi connectivity index (χ3v) is 5.18. The molecule has 1 N–H and O–H groups in total. The summed E-state index contributed by atoms with van der Waals surface area (Å²) in [5.74, 6) is -3.01. The fraction of sp³-hybridized carbons (Fsp3) is 0.136. The van der Waals surface area contributed by atoms with Gasteiger partial charge in [-0.1, -0.05) is 17.7 Å². The first-order chi connectivity index (χ1) is 15.8. The highest BCUT2D eigenvalue weighted by Crippen LogP contribution is 2.34. The number of halogens is 3. The predicted molar refractivity (Wildman–Crippen MR) is 115 cm³/mol. The van der Waals surface area contributed by atoms with Crippen molar-refractivity contribution in [3.05, 3.63) is 76.5 Å². The number of anilines is 1. The number of fused-ring (bicyclic) bond motifs is 1. The average molecular weight is 470 g/mol. The van der Waals surface area contributed by atoms with E-state index in [4.69, 9.17) is 22.9 Å². The summed E-state index contributed by atoms with van der Waals surface area (Å²) in [6, 6.07) is 6.39. The Balaban J connectivity index is 1.58. The van der Waals surface area contributed by atoms with Gasteiger partial charge in [0.2, 0.25) is 5.82 Å². The van der Waals surface area contributed by atoms with Gasteiger partial charge in [0.15, 0.2) is 5.69 Å². The van der Waals surface area contributed by atoms with E-state index in [2.05, 4.69) is 20.1 Å². The number of aromatic nitrogens is 2. The largest absolute Gasteiger partial charge is 0.490 e. The molecule has 0 saturated carbocycles. The quantitative estimate of drug-likeness (QED) is 0.590. The molecule has 1 aliphatic rings. The molecule has 33 heavy (non-hydrogen) atoms. The van der Waals surface area contributed by atoms with Crippen LogP contribution in [-0.4, -0.2) is 41.5 Å². The van der Waals surface area contributed by atoms with Crippen molar-refractivity contribution in [2.24, 2.45) is 0 Å². The molecule has 0 aliphatic carbocycles. The van der Waals surface area contributed by atoms with Crippen LogP contribution in [0, 0.1) is 18.2 Å². The van der Waals surface area contributed by atoms with Gasteiger partial charge in [0.05, 0.1) is 29.2 Å². The SMILES string of the molecule is [C-]#[N+]c1ccc2c(c1)OC[C@H](NC(=O)c1ncc(Cl)c(-c3ccc(F)cc3F)n1)C(=O)N2C.